The van der Waals surface area contributed by atoms with Gasteiger partial charge in [-0.1, -0.05) is 0 Å². The highest BCUT2D eigenvalue weighted by molar-refractivity contribution is 7.87. The maximum Gasteiger partial charge on any atom is 0.281 e. The van der Waals surface area contributed by atoms with Gasteiger partial charge in [-0.15, -0.1) is 0 Å². The first-order valence-corrected chi connectivity index (χ1v) is 6.82. The van der Waals surface area contributed by atoms with Crippen molar-refractivity contribution in [3.63, 3.8) is 0 Å². The highest BCUT2D eigenvalue weighted by atomic mass is 32.2. The van der Waals surface area contributed by atoms with Gasteiger partial charge in [0.1, 0.15) is 5.54 Å². The minimum absolute atomic E-state index is 0.0594. The zero-order valence-electron chi connectivity index (χ0n) is 9.69. The van der Waals surface area contributed by atoms with Gasteiger partial charge in [-0.05, 0) is 26.7 Å². The van der Waals surface area contributed by atoms with Gasteiger partial charge < -0.3 is 0 Å². The average molecular weight is 261 g/mol. The van der Waals surface area contributed by atoms with E-state index in [9.17, 15) is 18.0 Å². The van der Waals surface area contributed by atoms with Crippen molar-refractivity contribution in [3.05, 3.63) is 0 Å². The summed E-state index contributed by atoms with van der Waals surface area (Å²) >= 11 is 0. The van der Waals surface area contributed by atoms with Gasteiger partial charge in [-0.3, -0.25) is 14.9 Å². The van der Waals surface area contributed by atoms with Crippen LogP contribution in [0, 0.1) is 0 Å². The summed E-state index contributed by atoms with van der Waals surface area (Å²) in [5, 5.41) is 2.13. The number of hydrogen-bond donors (Lipinski definition) is 2. The molecule has 0 spiro atoms. The van der Waals surface area contributed by atoms with Gasteiger partial charge in [-0.25, -0.2) is 0 Å². The Labute approximate surface area is 99.7 Å². The molecular weight excluding hydrogens is 246 g/mol. The molecule has 96 valence electrons. The lowest BCUT2D eigenvalue weighted by Gasteiger charge is -2.38. The smallest absolute Gasteiger partial charge is 0.281 e. The normalized spacial score (nSPS) is 25.8. The summed E-state index contributed by atoms with van der Waals surface area (Å²) in [4.78, 5) is 22.9. The molecule has 2 N–H and O–H groups in total. The molecule has 1 saturated heterocycles. The van der Waals surface area contributed by atoms with Crippen LogP contribution in [0.25, 0.3) is 0 Å². The molecule has 0 atom stereocenters. The largest absolute Gasteiger partial charge is 0.294 e. The van der Waals surface area contributed by atoms with Gasteiger partial charge >= 0.3 is 0 Å². The molecule has 2 aliphatic rings. The predicted octanol–water partition coefficient (Wildman–Crippen LogP) is -1.28. The number of nitrogens with one attached hydrogen (secondary N) is 2. The van der Waals surface area contributed by atoms with Gasteiger partial charge in [0.15, 0.2) is 0 Å². The van der Waals surface area contributed by atoms with Crippen molar-refractivity contribution in [2.45, 2.75) is 38.3 Å². The number of rotatable bonds is 3. The highest BCUT2D eigenvalue weighted by Gasteiger charge is 2.48. The first-order valence-electron chi connectivity index (χ1n) is 5.38. The molecular formula is C9H15N3O4S. The quantitative estimate of drug-likeness (QED) is 0.619. The lowest BCUT2D eigenvalue weighted by molar-refractivity contribution is -0.141. The third-order valence-electron chi connectivity index (χ3n) is 2.90. The second-order valence-electron chi connectivity index (χ2n) is 4.84. The fourth-order valence-electron chi connectivity index (χ4n) is 1.62. The standard InChI is InChI=1S/C9H15N3O4S/c1-9(2)8(14)10-7(13)5-12(9)17(15,16)11-6-3-4-6/h6,11H,3-5H2,1-2H3,(H,10,13,14). The molecule has 0 unspecified atom stereocenters. The van der Waals surface area contributed by atoms with Crippen LogP contribution in [0.3, 0.4) is 0 Å². The SMILES string of the molecule is CC1(C)C(=O)NC(=O)CN1S(=O)(=O)NC1CC1. The number of hydrogen-bond acceptors (Lipinski definition) is 4. The first kappa shape index (κ1) is 12.5. The van der Waals surface area contributed by atoms with Crippen molar-refractivity contribution < 1.29 is 18.0 Å². The van der Waals surface area contributed by atoms with Crippen molar-refractivity contribution in [3.8, 4) is 0 Å². The van der Waals surface area contributed by atoms with E-state index in [-0.39, 0.29) is 12.6 Å². The molecule has 0 aromatic rings. The molecule has 2 amide bonds. The molecule has 0 aromatic carbocycles. The number of piperazine rings is 1. The number of imide groups is 1. The van der Waals surface area contributed by atoms with Crippen molar-refractivity contribution in [1.82, 2.24) is 14.3 Å². The Kier molecular flexibility index (Phi) is 2.75. The van der Waals surface area contributed by atoms with Crippen LogP contribution in [0.2, 0.25) is 0 Å². The monoisotopic (exact) mass is 261 g/mol. The molecule has 0 bridgehead atoms. The van der Waals surface area contributed by atoms with Crippen LogP contribution in [0.4, 0.5) is 0 Å². The van der Waals surface area contributed by atoms with Gasteiger partial charge in [-0.2, -0.15) is 17.4 Å². The van der Waals surface area contributed by atoms with E-state index in [1.54, 1.807) is 0 Å². The molecule has 1 saturated carbocycles. The van der Waals surface area contributed by atoms with Crippen LogP contribution in [0.1, 0.15) is 26.7 Å². The molecule has 7 nitrogen and oxygen atoms in total. The summed E-state index contributed by atoms with van der Waals surface area (Å²) in [7, 11) is -3.79. The topological polar surface area (TPSA) is 95.6 Å². The van der Waals surface area contributed by atoms with Crippen molar-refractivity contribution in [2.24, 2.45) is 0 Å². The molecule has 17 heavy (non-hydrogen) atoms. The van der Waals surface area contributed by atoms with Crippen molar-refractivity contribution in [2.75, 3.05) is 6.54 Å². The van der Waals surface area contributed by atoms with E-state index in [0.29, 0.717) is 0 Å². The maximum atomic E-state index is 12.0. The predicted molar refractivity (Wildman–Crippen MR) is 59.0 cm³/mol. The molecule has 1 aliphatic carbocycles. The number of amides is 2. The van der Waals surface area contributed by atoms with Gasteiger partial charge in [0.2, 0.25) is 11.8 Å². The molecule has 0 radical (unpaired) electrons. The van der Waals surface area contributed by atoms with E-state index in [2.05, 4.69) is 10.0 Å². The summed E-state index contributed by atoms with van der Waals surface area (Å²) in [6, 6.07) is -0.0594. The Bertz CT molecular complexity index is 467. The lowest BCUT2D eigenvalue weighted by atomic mass is 10.0. The van der Waals surface area contributed by atoms with Crippen molar-refractivity contribution >= 4 is 22.0 Å². The Morgan fingerprint density at radius 3 is 2.47 bits per heavy atom. The summed E-state index contributed by atoms with van der Waals surface area (Å²) in [6.07, 6.45) is 1.60. The Balaban J connectivity index is 2.27. The fourth-order valence-corrected chi connectivity index (χ4v) is 3.38. The van der Waals surface area contributed by atoms with E-state index in [1.165, 1.54) is 13.8 Å². The minimum atomic E-state index is -3.79. The van der Waals surface area contributed by atoms with E-state index in [1.807, 2.05) is 0 Å². The Hall–Kier alpha value is -0.990. The molecule has 8 heteroatoms. The molecule has 2 rings (SSSR count). The molecule has 1 heterocycles. The van der Waals surface area contributed by atoms with Crippen LogP contribution >= 0.6 is 0 Å². The van der Waals surface area contributed by atoms with E-state index < -0.39 is 27.6 Å². The summed E-state index contributed by atoms with van der Waals surface area (Å²) in [5.41, 5.74) is -1.26. The Morgan fingerprint density at radius 2 is 1.94 bits per heavy atom. The van der Waals surface area contributed by atoms with Crippen LogP contribution < -0.4 is 10.0 Å². The van der Waals surface area contributed by atoms with Crippen LogP contribution in [-0.2, 0) is 19.8 Å². The zero-order chi connectivity index (χ0) is 12.8. The van der Waals surface area contributed by atoms with Crippen LogP contribution in [-0.4, -0.2) is 42.7 Å². The van der Waals surface area contributed by atoms with Gasteiger partial charge in [0.05, 0.1) is 6.54 Å². The van der Waals surface area contributed by atoms with Crippen LogP contribution in [0.5, 0.6) is 0 Å². The summed E-state index contributed by atoms with van der Waals surface area (Å²) in [6.45, 7) is 2.61. The average Bonchev–Trinajstić information content (AvgIpc) is 2.94. The number of nitrogens with zero attached hydrogens (tertiary/aromatic N) is 1. The maximum absolute atomic E-state index is 12.0. The highest BCUT2D eigenvalue weighted by Crippen LogP contribution is 2.25. The number of carbonyl (C=O) groups is 2. The fraction of sp³-hybridized carbons (Fsp3) is 0.778. The minimum Gasteiger partial charge on any atom is -0.294 e. The first-order chi connectivity index (χ1) is 7.73. The zero-order valence-corrected chi connectivity index (χ0v) is 10.5. The van der Waals surface area contributed by atoms with Gasteiger partial charge in [0.25, 0.3) is 10.2 Å². The third kappa shape index (κ3) is 2.33. The third-order valence-corrected chi connectivity index (χ3v) is 4.70. The van der Waals surface area contributed by atoms with E-state index in [0.717, 1.165) is 17.1 Å². The number of carbonyl (C=O) groups excluding carboxylic acids is 2. The molecule has 1 aliphatic heterocycles. The van der Waals surface area contributed by atoms with E-state index in [4.69, 9.17) is 0 Å². The summed E-state index contributed by atoms with van der Waals surface area (Å²) in [5.74, 6) is -1.20. The van der Waals surface area contributed by atoms with E-state index >= 15 is 0 Å². The second-order valence-corrected chi connectivity index (χ2v) is 6.47. The lowest BCUT2D eigenvalue weighted by Crippen LogP contribution is -2.67. The van der Waals surface area contributed by atoms with Gasteiger partial charge in [0, 0.05) is 6.04 Å². The Morgan fingerprint density at radius 1 is 1.35 bits per heavy atom. The summed E-state index contributed by atoms with van der Waals surface area (Å²) < 4.78 is 27.4. The van der Waals surface area contributed by atoms with Crippen LogP contribution in [0.15, 0.2) is 0 Å². The molecule has 2 fully saturated rings. The molecule has 0 aromatic heterocycles. The second kappa shape index (κ2) is 3.76. The van der Waals surface area contributed by atoms with Crippen molar-refractivity contribution in [1.29, 1.82) is 0 Å².